The lowest BCUT2D eigenvalue weighted by Crippen LogP contribution is -2.30. The van der Waals surface area contributed by atoms with Crippen molar-refractivity contribution in [1.29, 1.82) is 0 Å². The van der Waals surface area contributed by atoms with Crippen LogP contribution in [0, 0.1) is 0 Å². The van der Waals surface area contributed by atoms with Crippen molar-refractivity contribution in [3.8, 4) is 11.1 Å². The summed E-state index contributed by atoms with van der Waals surface area (Å²) in [6.45, 7) is 0.316. The number of alkyl carbamates (subject to hydrolysis) is 1. The number of nitrogens with one attached hydrogen (secondary N) is 1. The van der Waals surface area contributed by atoms with Gasteiger partial charge >= 0.3 is 6.09 Å². The fourth-order valence-corrected chi connectivity index (χ4v) is 4.76. The molecule has 2 unspecified atom stereocenters. The predicted octanol–water partition coefficient (Wildman–Crippen LogP) is 3.26. The molecule has 3 aromatic carbocycles. The Morgan fingerprint density at radius 1 is 1.06 bits per heavy atom. The molecule has 0 bridgehead atoms. The number of aromatic nitrogens is 2. The van der Waals surface area contributed by atoms with Crippen LogP contribution in [-0.4, -0.2) is 45.1 Å². The minimum Gasteiger partial charge on any atom is -0.449 e. The molecule has 4 aromatic rings. The number of fused-ring (bicyclic) bond motifs is 4. The van der Waals surface area contributed by atoms with Crippen molar-refractivity contribution in [2.45, 2.75) is 24.5 Å². The molecule has 1 aliphatic rings. The van der Waals surface area contributed by atoms with E-state index in [1.54, 1.807) is 19.2 Å². The van der Waals surface area contributed by atoms with Gasteiger partial charge in [-0.15, -0.1) is 0 Å². The summed E-state index contributed by atoms with van der Waals surface area (Å²) in [6, 6.07) is 21.0. The van der Waals surface area contributed by atoms with Gasteiger partial charge in [0.1, 0.15) is 12.7 Å². The van der Waals surface area contributed by atoms with Crippen LogP contribution in [0.5, 0.6) is 0 Å². The van der Waals surface area contributed by atoms with Crippen molar-refractivity contribution in [2.24, 2.45) is 7.05 Å². The smallest absolute Gasteiger partial charge is 0.407 e. The minimum atomic E-state index is -1.22. The zero-order chi connectivity index (χ0) is 25.2. The fourth-order valence-electron chi connectivity index (χ4n) is 4.76. The molecule has 1 heterocycles. The second-order valence-corrected chi connectivity index (χ2v) is 8.99. The summed E-state index contributed by atoms with van der Waals surface area (Å²) >= 11 is 0. The maximum atomic E-state index is 12.3. The topological polar surface area (TPSA) is 114 Å². The highest BCUT2D eigenvalue weighted by atomic mass is 16.5. The van der Waals surface area contributed by atoms with Gasteiger partial charge in [0.05, 0.1) is 23.3 Å². The number of rotatable bonds is 7. The number of carbonyl (C=O) groups is 1. The molecule has 1 aromatic heterocycles. The first kappa shape index (κ1) is 23.7. The van der Waals surface area contributed by atoms with Crippen molar-refractivity contribution in [2.75, 3.05) is 13.2 Å². The number of aliphatic hydroxyl groups is 2. The first-order valence-corrected chi connectivity index (χ1v) is 11.8. The lowest BCUT2D eigenvalue weighted by atomic mass is 9.98. The van der Waals surface area contributed by atoms with Gasteiger partial charge in [0.15, 0.2) is 0 Å². The Balaban J connectivity index is 1.15. The number of carbonyl (C=O) groups excluding carboxylic acids is 1. The minimum absolute atomic E-state index is 0.0364. The number of aryl methyl sites for hydroxylation is 1. The highest BCUT2D eigenvalue weighted by molar-refractivity contribution is 5.79. The largest absolute Gasteiger partial charge is 0.449 e. The number of hydrogen-bond donors (Lipinski definition) is 3. The molecule has 8 nitrogen and oxygen atoms in total. The number of aliphatic hydroxyl groups excluding tert-OH is 2. The average molecular weight is 486 g/mol. The Hall–Kier alpha value is -4.01. The van der Waals surface area contributed by atoms with Crippen LogP contribution in [0.3, 0.4) is 0 Å². The molecule has 1 amide bonds. The monoisotopic (exact) mass is 485 g/mol. The molecule has 36 heavy (non-hydrogen) atoms. The molecule has 1 aliphatic carbocycles. The van der Waals surface area contributed by atoms with Crippen LogP contribution >= 0.6 is 0 Å². The van der Waals surface area contributed by atoms with Crippen molar-refractivity contribution in [3.63, 3.8) is 0 Å². The lowest BCUT2D eigenvalue weighted by molar-refractivity contribution is 0.0137. The van der Waals surface area contributed by atoms with Gasteiger partial charge in [-0.3, -0.25) is 4.79 Å². The maximum absolute atomic E-state index is 12.3. The van der Waals surface area contributed by atoms with Crippen LogP contribution in [-0.2, 0) is 11.8 Å². The zero-order valence-corrected chi connectivity index (χ0v) is 19.8. The number of ether oxygens (including phenoxy) is 1. The van der Waals surface area contributed by atoms with Crippen molar-refractivity contribution < 1.29 is 19.7 Å². The summed E-state index contributed by atoms with van der Waals surface area (Å²) in [5.41, 5.74) is 5.25. The Morgan fingerprint density at radius 2 is 1.72 bits per heavy atom. The number of benzene rings is 3. The van der Waals surface area contributed by atoms with Crippen molar-refractivity contribution >= 4 is 17.0 Å². The molecular formula is C28H27N3O5. The highest BCUT2D eigenvalue weighted by Gasteiger charge is 2.29. The average Bonchev–Trinajstić information content (AvgIpc) is 3.22. The molecule has 0 radical (unpaired) electrons. The third kappa shape index (κ3) is 4.48. The molecule has 2 atom stereocenters. The lowest BCUT2D eigenvalue weighted by Gasteiger charge is -2.19. The summed E-state index contributed by atoms with van der Waals surface area (Å²) in [5.74, 6) is -0.0364. The van der Waals surface area contributed by atoms with Gasteiger partial charge in [0, 0.05) is 19.5 Å². The van der Waals surface area contributed by atoms with E-state index in [4.69, 9.17) is 4.74 Å². The summed E-state index contributed by atoms with van der Waals surface area (Å²) < 4.78 is 6.86. The quantitative estimate of drug-likeness (QED) is 0.370. The summed E-state index contributed by atoms with van der Waals surface area (Å²) in [6.07, 6.45) is -1.40. The zero-order valence-electron chi connectivity index (χ0n) is 19.8. The number of nitrogens with zero attached hydrogens (tertiary/aromatic N) is 2. The Morgan fingerprint density at radius 3 is 2.42 bits per heavy atom. The highest BCUT2D eigenvalue weighted by Crippen LogP contribution is 2.44. The van der Waals surface area contributed by atoms with E-state index < -0.39 is 18.3 Å². The summed E-state index contributed by atoms with van der Waals surface area (Å²) in [7, 11) is 1.60. The van der Waals surface area contributed by atoms with Crippen LogP contribution in [0.2, 0.25) is 0 Å². The molecule has 0 aliphatic heterocycles. The summed E-state index contributed by atoms with van der Waals surface area (Å²) in [5, 5.41) is 24.0. The van der Waals surface area contributed by atoms with E-state index in [0.29, 0.717) is 16.5 Å². The second kappa shape index (κ2) is 9.93. The predicted molar refractivity (Wildman–Crippen MR) is 136 cm³/mol. The van der Waals surface area contributed by atoms with E-state index >= 15 is 0 Å². The van der Waals surface area contributed by atoms with Crippen LogP contribution in [0.25, 0.3) is 22.0 Å². The van der Waals surface area contributed by atoms with Gasteiger partial charge in [0.25, 0.3) is 5.56 Å². The second-order valence-electron chi connectivity index (χ2n) is 8.99. The molecule has 5 rings (SSSR count). The number of amides is 1. The standard InChI is InChI=1S/C28H27N3O5/c1-31-16-30-24-11-10-17(14-22(24)27(31)34)26(33)25(32)12-13-29-28(35)36-15-23-20-8-4-2-6-18(20)19-7-3-5-9-21(19)23/h2-11,14,16,23,25-26,32-33H,12-13,15H2,1H3,(H,29,35). The van der Waals surface area contributed by atoms with Gasteiger partial charge in [-0.2, -0.15) is 0 Å². The van der Waals surface area contributed by atoms with Gasteiger partial charge in [-0.25, -0.2) is 9.78 Å². The van der Waals surface area contributed by atoms with E-state index in [1.807, 2.05) is 24.3 Å². The molecule has 0 saturated carbocycles. The molecule has 0 fully saturated rings. The Bertz CT molecular complexity index is 1440. The summed E-state index contributed by atoms with van der Waals surface area (Å²) in [4.78, 5) is 28.9. The van der Waals surface area contributed by atoms with Crippen LogP contribution in [0.15, 0.2) is 77.9 Å². The van der Waals surface area contributed by atoms with E-state index in [9.17, 15) is 19.8 Å². The van der Waals surface area contributed by atoms with Gasteiger partial charge in [-0.1, -0.05) is 54.6 Å². The Kier molecular flexibility index (Phi) is 6.54. The van der Waals surface area contributed by atoms with E-state index in [0.717, 1.165) is 22.3 Å². The third-order valence-corrected chi connectivity index (χ3v) is 6.70. The van der Waals surface area contributed by atoms with Crippen molar-refractivity contribution in [1.82, 2.24) is 14.9 Å². The molecule has 0 spiro atoms. The van der Waals surface area contributed by atoms with Crippen molar-refractivity contribution in [3.05, 3.63) is 100 Å². The normalized spacial score (nSPS) is 14.2. The van der Waals surface area contributed by atoms with E-state index in [-0.39, 0.29) is 31.0 Å². The van der Waals surface area contributed by atoms with Crippen LogP contribution in [0.4, 0.5) is 4.79 Å². The van der Waals surface area contributed by atoms with Gasteiger partial charge < -0.3 is 24.8 Å². The molecule has 8 heteroatoms. The van der Waals surface area contributed by atoms with Crippen LogP contribution in [0.1, 0.15) is 35.1 Å². The first-order chi connectivity index (χ1) is 17.4. The SMILES string of the molecule is Cn1cnc2ccc(C(O)C(O)CCNC(=O)OCC3c4ccccc4-c4ccccc43)cc2c1=O. The molecular weight excluding hydrogens is 458 g/mol. The maximum Gasteiger partial charge on any atom is 0.407 e. The first-order valence-electron chi connectivity index (χ1n) is 11.8. The molecule has 3 N–H and O–H groups in total. The Labute approximate surface area is 207 Å². The molecule has 184 valence electrons. The van der Waals surface area contributed by atoms with Crippen LogP contribution < -0.4 is 10.9 Å². The number of hydrogen-bond acceptors (Lipinski definition) is 6. The molecule has 0 saturated heterocycles. The van der Waals surface area contributed by atoms with E-state index in [1.165, 1.54) is 17.0 Å². The van der Waals surface area contributed by atoms with E-state index in [2.05, 4.69) is 34.6 Å². The van der Waals surface area contributed by atoms with Gasteiger partial charge in [-0.05, 0) is 46.4 Å². The third-order valence-electron chi connectivity index (χ3n) is 6.70. The fraction of sp³-hybridized carbons (Fsp3) is 0.250. The van der Waals surface area contributed by atoms with Gasteiger partial charge in [0.2, 0.25) is 0 Å².